The number of aromatic hydroxyl groups is 1. The molecule has 0 radical (unpaired) electrons. The van der Waals surface area contributed by atoms with Gasteiger partial charge >= 0.3 is 6.03 Å². The van der Waals surface area contributed by atoms with Gasteiger partial charge in [-0.1, -0.05) is 84.9 Å². The van der Waals surface area contributed by atoms with Gasteiger partial charge < -0.3 is 31.1 Å². The lowest BCUT2D eigenvalue weighted by atomic mass is 9.91. The van der Waals surface area contributed by atoms with Crippen molar-refractivity contribution < 1.29 is 19.8 Å². The summed E-state index contributed by atoms with van der Waals surface area (Å²) < 4.78 is 0. The van der Waals surface area contributed by atoms with Crippen LogP contribution in [0, 0.1) is 0 Å². The van der Waals surface area contributed by atoms with Gasteiger partial charge in [-0.2, -0.15) is 0 Å². The Morgan fingerprint density at radius 2 is 1.31 bits per heavy atom. The Kier molecular flexibility index (Phi) is 10.8. The van der Waals surface area contributed by atoms with Gasteiger partial charge in [-0.15, -0.1) is 0 Å². The number of unbranched alkanes of at least 4 members (excludes halogenated alkanes) is 1. The Hall–Kier alpha value is -5.64. The lowest BCUT2D eigenvalue weighted by Gasteiger charge is -2.23. The van der Waals surface area contributed by atoms with Gasteiger partial charge in [0.25, 0.3) is 0 Å². The Labute approximate surface area is 285 Å². The van der Waals surface area contributed by atoms with Crippen LogP contribution in [0.5, 0.6) is 5.75 Å². The molecule has 49 heavy (non-hydrogen) atoms. The Balaban J connectivity index is 1.07. The summed E-state index contributed by atoms with van der Waals surface area (Å²) in [5.74, 6) is -0.125. The number of amides is 3. The van der Waals surface area contributed by atoms with Crippen molar-refractivity contribution in [3.8, 4) is 5.75 Å². The van der Waals surface area contributed by atoms with E-state index in [1.54, 1.807) is 24.3 Å². The summed E-state index contributed by atoms with van der Waals surface area (Å²) in [5.41, 5.74) is 5.35. The van der Waals surface area contributed by atoms with Crippen molar-refractivity contribution in [2.75, 3.05) is 18.4 Å². The summed E-state index contributed by atoms with van der Waals surface area (Å²) in [5, 5.41) is 34.6. The van der Waals surface area contributed by atoms with Crippen molar-refractivity contribution in [1.82, 2.24) is 20.9 Å². The average Bonchev–Trinajstić information content (AvgIpc) is 3.49. The zero-order chi connectivity index (χ0) is 34.0. The van der Waals surface area contributed by atoms with Crippen molar-refractivity contribution >= 4 is 39.4 Å². The van der Waals surface area contributed by atoms with Gasteiger partial charge in [0.05, 0.1) is 0 Å². The van der Waals surface area contributed by atoms with E-state index in [2.05, 4.69) is 50.5 Å². The molecule has 1 aromatic heterocycles. The van der Waals surface area contributed by atoms with Gasteiger partial charge in [0.15, 0.2) is 0 Å². The number of anilines is 1. The fourth-order valence-electron chi connectivity index (χ4n) is 6.14. The van der Waals surface area contributed by atoms with E-state index in [9.17, 15) is 19.8 Å². The van der Waals surface area contributed by atoms with Crippen LogP contribution in [-0.4, -0.2) is 46.3 Å². The Bertz CT molecular complexity index is 1940. The molecular formula is C40H41N5O4. The number of carbonyl (C=O) groups is 2. The number of H-pyrrole nitrogens is 1. The third-order valence-corrected chi connectivity index (χ3v) is 8.72. The van der Waals surface area contributed by atoms with E-state index in [0.717, 1.165) is 32.9 Å². The molecule has 7 N–H and O–H groups in total. The maximum absolute atomic E-state index is 13.6. The Morgan fingerprint density at radius 3 is 1.98 bits per heavy atom. The highest BCUT2D eigenvalue weighted by molar-refractivity contribution is 6.07. The molecule has 3 amide bonds. The minimum atomic E-state index is -0.895. The first kappa shape index (κ1) is 33.3. The summed E-state index contributed by atoms with van der Waals surface area (Å²) in [6.45, 7) is 0.877. The molecule has 9 nitrogen and oxygen atoms in total. The van der Waals surface area contributed by atoms with Crippen molar-refractivity contribution in [3.63, 3.8) is 0 Å². The lowest BCUT2D eigenvalue weighted by Crippen LogP contribution is -2.49. The molecule has 2 unspecified atom stereocenters. The number of aromatic nitrogens is 1. The number of aromatic amines is 1. The maximum Gasteiger partial charge on any atom is 0.319 e. The number of hydrogen-bond donors (Lipinski definition) is 7. The van der Waals surface area contributed by atoms with Crippen LogP contribution in [0.25, 0.3) is 21.8 Å². The van der Waals surface area contributed by atoms with Crippen LogP contribution in [0.4, 0.5) is 10.5 Å². The summed E-state index contributed by atoms with van der Waals surface area (Å²) in [7, 11) is 0. The predicted octanol–water partition coefficient (Wildman–Crippen LogP) is 6.92. The van der Waals surface area contributed by atoms with Gasteiger partial charge in [-0.25, -0.2) is 4.79 Å². The largest absolute Gasteiger partial charge is 0.508 e. The smallest absolute Gasteiger partial charge is 0.319 e. The van der Waals surface area contributed by atoms with E-state index >= 15 is 0 Å². The van der Waals surface area contributed by atoms with Crippen molar-refractivity contribution in [3.05, 3.63) is 144 Å². The monoisotopic (exact) mass is 655 g/mol. The highest BCUT2D eigenvalue weighted by Crippen LogP contribution is 2.30. The van der Waals surface area contributed by atoms with Crippen molar-refractivity contribution in [2.45, 2.75) is 37.5 Å². The number of para-hydroxylation sites is 1. The molecule has 0 aliphatic rings. The molecule has 9 heteroatoms. The number of urea groups is 1. The van der Waals surface area contributed by atoms with E-state index in [0.29, 0.717) is 43.6 Å². The van der Waals surface area contributed by atoms with E-state index in [4.69, 9.17) is 0 Å². The molecule has 0 saturated heterocycles. The molecule has 2 atom stereocenters. The van der Waals surface area contributed by atoms with Crippen LogP contribution >= 0.6 is 0 Å². The number of nitrogens with one attached hydrogen (secondary N) is 5. The molecule has 0 aliphatic heterocycles. The van der Waals surface area contributed by atoms with Gasteiger partial charge in [0.2, 0.25) is 5.91 Å². The van der Waals surface area contributed by atoms with E-state index in [1.807, 2.05) is 78.9 Å². The van der Waals surface area contributed by atoms with Gasteiger partial charge in [-0.05, 0) is 85.0 Å². The number of phenols is 1. The van der Waals surface area contributed by atoms with E-state index in [1.165, 1.54) is 0 Å². The highest BCUT2D eigenvalue weighted by Gasteiger charge is 2.23. The number of benzene rings is 5. The second-order valence-corrected chi connectivity index (χ2v) is 12.1. The topological polar surface area (TPSA) is 139 Å². The summed E-state index contributed by atoms with van der Waals surface area (Å²) in [4.78, 5) is 29.9. The number of phenolic OH excluding ortho intramolecular Hbond substituents is 1. The zero-order valence-electron chi connectivity index (χ0n) is 27.1. The fourth-order valence-corrected chi connectivity index (χ4v) is 6.14. The molecule has 0 bridgehead atoms. The minimum absolute atomic E-state index is 0.0509. The zero-order valence-corrected chi connectivity index (χ0v) is 27.1. The fraction of sp³-hybridized carbons (Fsp3) is 0.200. The molecule has 0 aliphatic carbocycles. The normalized spacial score (nSPS) is 12.5. The van der Waals surface area contributed by atoms with Crippen LogP contribution in [0.2, 0.25) is 0 Å². The average molecular weight is 656 g/mol. The Morgan fingerprint density at radius 1 is 0.694 bits per heavy atom. The minimum Gasteiger partial charge on any atom is -0.508 e. The van der Waals surface area contributed by atoms with Crippen LogP contribution in [0.3, 0.4) is 0 Å². The van der Waals surface area contributed by atoms with Crippen LogP contribution < -0.4 is 21.3 Å². The van der Waals surface area contributed by atoms with Crippen molar-refractivity contribution in [2.24, 2.45) is 0 Å². The number of aliphatic hydroxyl groups is 1. The molecule has 0 fully saturated rings. The second kappa shape index (κ2) is 16.0. The van der Waals surface area contributed by atoms with Crippen molar-refractivity contribution in [1.29, 1.82) is 0 Å². The first-order chi connectivity index (χ1) is 23.9. The maximum atomic E-state index is 13.6. The lowest BCUT2D eigenvalue weighted by molar-refractivity contribution is -0.123. The molecule has 5 aromatic carbocycles. The van der Waals surface area contributed by atoms with Crippen LogP contribution in [0.1, 0.15) is 48.1 Å². The summed E-state index contributed by atoms with van der Waals surface area (Å²) >= 11 is 0. The molecule has 250 valence electrons. The number of rotatable bonds is 14. The molecule has 6 aromatic rings. The number of hydrogen-bond acceptors (Lipinski definition) is 5. The second-order valence-electron chi connectivity index (χ2n) is 12.1. The number of aliphatic hydroxyl groups excluding tert-OH is 1. The highest BCUT2D eigenvalue weighted by atomic mass is 16.3. The van der Waals surface area contributed by atoms with Gasteiger partial charge in [-0.3, -0.25) is 10.1 Å². The third kappa shape index (κ3) is 8.64. The molecular weight excluding hydrogens is 614 g/mol. The quantitative estimate of drug-likeness (QED) is 0.0505. The van der Waals surface area contributed by atoms with Gasteiger partial charge in [0.1, 0.15) is 18.0 Å². The predicted molar refractivity (Wildman–Crippen MR) is 194 cm³/mol. The molecule has 1 heterocycles. The van der Waals surface area contributed by atoms with Gasteiger partial charge in [0, 0.05) is 40.0 Å². The number of carbonyl (C=O) groups excluding carboxylic acids is 2. The van der Waals surface area contributed by atoms with Crippen LogP contribution in [0.15, 0.2) is 127 Å². The van der Waals surface area contributed by atoms with E-state index in [-0.39, 0.29) is 17.6 Å². The first-order valence-corrected chi connectivity index (χ1v) is 16.6. The van der Waals surface area contributed by atoms with Crippen LogP contribution in [-0.2, 0) is 4.79 Å². The third-order valence-electron chi connectivity index (χ3n) is 8.72. The molecule has 0 saturated carbocycles. The molecule has 6 rings (SSSR count). The first-order valence-electron chi connectivity index (χ1n) is 16.6. The van der Waals surface area contributed by atoms with E-state index < -0.39 is 18.3 Å². The molecule has 0 spiro atoms. The summed E-state index contributed by atoms with van der Waals surface area (Å²) in [6.07, 6.45) is 0.819. The number of fused-ring (bicyclic) bond motifs is 3. The standard InChI is InChI=1S/C40H41N5O4/c46-31-20-22-36-33(25-31)32-24-29(19-21-35(32)44-36)38(47)41-23-11-10-18-37(45-40(49)43-30-16-8-3-9-17-30)39(48)42-26-34(27-12-4-1-5-13-27)28-14-6-2-7-15-28/h1-9,12-17,19-22,24-25,34,37-38,41,44,46-47H,10-11,18,23,26H2,(H,42,48)(H2,43,45,49). The SMILES string of the molecule is O=C(Nc1ccccc1)NC(CCCCNC(O)c1ccc2[nH]c3ccc(O)cc3c2c1)C(=O)NCC(c1ccccc1)c1ccccc1. The summed E-state index contributed by atoms with van der Waals surface area (Å²) in [6, 6.07) is 38.9.